The van der Waals surface area contributed by atoms with Crippen molar-refractivity contribution in [3.63, 3.8) is 0 Å². The van der Waals surface area contributed by atoms with Gasteiger partial charge in [0.1, 0.15) is 5.75 Å². The summed E-state index contributed by atoms with van der Waals surface area (Å²) in [6.45, 7) is 5.87. The number of pyridine rings is 1. The van der Waals surface area contributed by atoms with Crippen molar-refractivity contribution in [1.82, 2.24) is 30.1 Å². The number of amides is 2. The van der Waals surface area contributed by atoms with E-state index in [9.17, 15) is 9.59 Å². The van der Waals surface area contributed by atoms with E-state index in [1.54, 1.807) is 0 Å². The van der Waals surface area contributed by atoms with Crippen molar-refractivity contribution in [2.45, 2.75) is 32.1 Å². The fraction of sp³-hybridized carbons (Fsp3) is 0.542. The number of ether oxygens (including phenoxy) is 1. The van der Waals surface area contributed by atoms with Gasteiger partial charge < -0.3 is 19.9 Å². The number of rotatable bonds is 7. The monoisotopic (exact) mass is 488 g/mol. The molecule has 0 bridgehead atoms. The Morgan fingerprint density at radius 2 is 1.91 bits per heavy atom. The van der Waals surface area contributed by atoms with Gasteiger partial charge in [-0.3, -0.25) is 9.88 Å². The molecule has 0 atom stereocenters. The fourth-order valence-electron chi connectivity index (χ4n) is 4.96. The molecule has 2 fully saturated rings. The Kier molecular flexibility index (Phi) is 7.95. The molecule has 2 aromatic heterocycles. The molecule has 5 rings (SSSR count). The maximum atomic E-state index is 12.5. The van der Waals surface area contributed by atoms with Gasteiger partial charge in [-0.2, -0.15) is 0 Å². The number of nitrogens with zero attached hydrogens (tertiary/aromatic N) is 3. The third-order valence-electron chi connectivity index (χ3n) is 6.78. The summed E-state index contributed by atoms with van der Waals surface area (Å²) in [5, 5.41) is 3.92. The van der Waals surface area contributed by atoms with Gasteiger partial charge in [0, 0.05) is 44.7 Å². The highest BCUT2D eigenvalue weighted by Gasteiger charge is 2.24. The molecule has 0 radical (unpaired) electrons. The fourth-order valence-corrected chi connectivity index (χ4v) is 4.96. The van der Waals surface area contributed by atoms with Gasteiger partial charge >= 0.3 is 11.7 Å². The Morgan fingerprint density at radius 3 is 2.71 bits per heavy atom. The highest BCUT2D eigenvalue weighted by molar-refractivity contribution is 5.90. The van der Waals surface area contributed by atoms with E-state index in [1.807, 2.05) is 29.2 Å². The molecule has 1 aliphatic carbocycles. The average molecular weight is 489 g/mol. The van der Waals surface area contributed by atoms with E-state index in [2.05, 4.69) is 25.2 Å². The Morgan fingerprint density at radius 1 is 1.12 bits per heavy atom. The molecule has 1 saturated carbocycles. The van der Waals surface area contributed by atoms with Gasteiger partial charge in [0.2, 0.25) is 0 Å². The molecular formula is C24H33ClN6O3. The summed E-state index contributed by atoms with van der Waals surface area (Å²) in [4.78, 5) is 38.2. The molecule has 10 heteroatoms. The number of imidazole rings is 1. The highest BCUT2D eigenvalue weighted by atomic mass is 35.5. The van der Waals surface area contributed by atoms with Gasteiger partial charge in [-0.25, -0.2) is 14.6 Å². The molecule has 184 valence electrons. The van der Waals surface area contributed by atoms with Crippen LogP contribution < -0.4 is 15.7 Å². The topological polar surface area (TPSA) is 106 Å². The minimum absolute atomic E-state index is 0. The highest BCUT2D eigenvalue weighted by Crippen LogP contribution is 2.26. The number of carbonyl (C=O) groups is 1. The van der Waals surface area contributed by atoms with E-state index >= 15 is 0 Å². The number of piperazine rings is 1. The Labute approximate surface area is 204 Å². The summed E-state index contributed by atoms with van der Waals surface area (Å²) in [6.07, 6.45) is 6.24. The maximum Gasteiger partial charge on any atom is 0.325 e. The minimum Gasteiger partial charge on any atom is -0.494 e. The summed E-state index contributed by atoms with van der Waals surface area (Å²) in [5.74, 6) is 1.61. The van der Waals surface area contributed by atoms with Crippen molar-refractivity contribution in [3.05, 3.63) is 34.7 Å². The van der Waals surface area contributed by atoms with Gasteiger partial charge in [-0.05, 0) is 49.4 Å². The van der Waals surface area contributed by atoms with E-state index in [0.717, 1.165) is 55.2 Å². The lowest BCUT2D eigenvalue weighted by Crippen LogP contribution is -2.52. The number of carbonyl (C=O) groups excluding carboxylic acids is 1. The zero-order chi connectivity index (χ0) is 22.6. The van der Waals surface area contributed by atoms with Crippen LogP contribution in [0.15, 0.2) is 29.1 Å². The predicted octanol–water partition coefficient (Wildman–Crippen LogP) is 3.11. The first kappa shape index (κ1) is 24.3. The van der Waals surface area contributed by atoms with Crippen LogP contribution >= 0.6 is 12.4 Å². The third kappa shape index (κ3) is 5.82. The molecule has 1 aliphatic heterocycles. The molecule has 0 spiro atoms. The first-order valence-electron chi connectivity index (χ1n) is 12.0. The molecule has 1 saturated heterocycles. The zero-order valence-electron chi connectivity index (χ0n) is 19.3. The van der Waals surface area contributed by atoms with Crippen molar-refractivity contribution in [3.8, 4) is 5.75 Å². The molecular weight excluding hydrogens is 456 g/mol. The lowest BCUT2D eigenvalue weighted by Gasteiger charge is -2.35. The van der Waals surface area contributed by atoms with Crippen molar-refractivity contribution in [2.24, 2.45) is 5.92 Å². The van der Waals surface area contributed by atoms with E-state index in [1.165, 1.54) is 32.2 Å². The minimum atomic E-state index is -0.266. The second-order valence-corrected chi connectivity index (χ2v) is 9.19. The Hall–Kier alpha value is -2.78. The lowest BCUT2D eigenvalue weighted by atomic mass is 10.1. The second-order valence-electron chi connectivity index (χ2n) is 9.19. The number of benzene rings is 1. The van der Waals surface area contributed by atoms with Crippen LogP contribution in [0.3, 0.4) is 0 Å². The lowest BCUT2D eigenvalue weighted by molar-refractivity contribution is 0.127. The first-order valence-corrected chi connectivity index (χ1v) is 12.0. The van der Waals surface area contributed by atoms with E-state index in [0.29, 0.717) is 24.3 Å². The maximum absolute atomic E-state index is 12.5. The largest absolute Gasteiger partial charge is 0.494 e. The van der Waals surface area contributed by atoms with Crippen LogP contribution in [-0.2, 0) is 0 Å². The van der Waals surface area contributed by atoms with Crippen LogP contribution in [0, 0.1) is 5.92 Å². The normalized spacial score (nSPS) is 17.2. The van der Waals surface area contributed by atoms with Crippen molar-refractivity contribution in [2.75, 3.05) is 45.9 Å². The average Bonchev–Trinajstić information content (AvgIpc) is 3.45. The van der Waals surface area contributed by atoms with E-state index < -0.39 is 0 Å². The Balaban J connectivity index is 0.00000274. The number of aromatic amines is 2. The number of urea groups is 1. The van der Waals surface area contributed by atoms with Crippen molar-refractivity contribution < 1.29 is 9.53 Å². The van der Waals surface area contributed by atoms with Crippen LogP contribution in [0.25, 0.3) is 22.1 Å². The van der Waals surface area contributed by atoms with Gasteiger partial charge in [0.15, 0.2) is 5.65 Å². The third-order valence-corrected chi connectivity index (χ3v) is 6.78. The number of aromatic nitrogens is 3. The molecule has 2 amide bonds. The number of H-pyrrole nitrogens is 2. The van der Waals surface area contributed by atoms with Gasteiger partial charge in [0.25, 0.3) is 0 Å². The van der Waals surface area contributed by atoms with Crippen LogP contribution in [-0.4, -0.2) is 76.7 Å². The van der Waals surface area contributed by atoms with Crippen molar-refractivity contribution >= 4 is 40.5 Å². The number of fused-ring (bicyclic) bond motifs is 2. The number of hydrogen-bond donors (Lipinski definition) is 3. The quantitative estimate of drug-likeness (QED) is 0.443. The number of halogens is 1. The Bertz CT molecular complexity index is 1160. The van der Waals surface area contributed by atoms with Crippen LogP contribution in [0.2, 0.25) is 0 Å². The molecule has 34 heavy (non-hydrogen) atoms. The van der Waals surface area contributed by atoms with Crippen molar-refractivity contribution in [1.29, 1.82) is 0 Å². The SMILES string of the molecule is Cl.O=C(NCCCOc1ccc2nc3[nH]c(=O)[nH]c3cc2c1)N1CCN(CC2CCCC2)CC1. The molecule has 2 aliphatic rings. The predicted molar refractivity (Wildman–Crippen MR) is 135 cm³/mol. The molecule has 0 unspecified atom stereocenters. The van der Waals surface area contributed by atoms with Gasteiger partial charge in [0.05, 0.1) is 17.6 Å². The number of hydrogen-bond acceptors (Lipinski definition) is 5. The molecule has 1 aromatic carbocycles. The van der Waals surface area contributed by atoms with E-state index in [4.69, 9.17) is 4.74 Å². The van der Waals surface area contributed by atoms with Crippen LogP contribution in [0.1, 0.15) is 32.1 Å². The summed E-state index contributed by atoms with van der Waals surface area (Å²) in [5.41, 5.74) is 1.75. The van der Waals surface area contributed by atoms with Crippen LogP contribution in [0.5, 0.6) is 5.75 Å². The molecule has 3 heterocycles. The summed E-state index contributed by atoms with van der Waals surface area (Å²) < 4.78 is 5.86. The molecule has 3 N–H and O–H groups in total. The summed E-state index contributed by atoms with van der Waals surface area (Å²) >= 11 is 0. The van der Waals surface area contributed by atoms with E-state index in [-0.39, 0.29) is 24.1 Å². The summed E-state index contributed by atoms with van der Waals surface area (Å²) in [7, 11) is 0. The number of nitrogens with one attached hydrogen (secondary N) is 3. The first-order chi connectivity index (χ1) is 16.1. The second kappa shape index (κ2) is 11.1. The summed E-state index contributed by atoms with van der Waals surface area (Å²) in [6, 6.07) is 7.57. The van der Waals surface area contributed by atoms with Gasteiger partial charge in [-0.15, -0.1) is 12.4 Å². The standard InChI is InChI=1S/C24H32N6O3.ClH/c31-23-27-21-15-18-14-19(6-7-20(18)26-22(21)28-23)33-13-3-8-25-24(32)30-11-9-29(10-12-30)16-17-4-1-2-5-17;/h6-7,14-15,17H,1-5,8-13,16H2,(H,25,32)(H2,26,27,28,31);1H. The zero-order valence-corrected chi connectivity index (χ0v) is 20.2. The van der Waals surface area contributed by atoms with Gasteiger partial charge in [-0.1, -0.05) is 12.8 Å². The molecule has 3 aromatic rings. The van der Waals surface area contributed by atoms with Crippen LogP contribution in [0.4, 0.5) is 4.79 Å². The smallest absolute Gasteiger partial charge is 0.325 e. The molecule has 9 nitrogen and oxygen atoms in total.